The molecular formula is C19H21ClF3N3O3S. The minimum Gasteiger partial charge on any atom is -0.480 e. The maximum absolute atomic E-state index is 13.6. The van der Waals surface area contributed by atoms with Gasteiger partial charge in [-0.05, 0) is 48.1 Å². The van der Waals surface area contributed by atoms with Crippen molar-refractivity contribution in [2.45, 2.75) is 37.6 Å². The van der Waals surface area contributed by atoms with Gasteiger partial charge in [-0.1, -0.05) is 17.7 Å². The van der Waals surface area contributed by atoms with Crippen LogP contribution >= 0.6 is 23.4 Å². The van der Waals surface area contributed by atoms with Gasteiger partial charge in [0.15, 0.2) is 5.82 Å². The summed E-state index contributed by atoms with van der Waals surface area (Å²) in [7, 11) is 0. The van der Waals surface area contributed by atoms with Crippen LogP contribution in [0.15, 0.2) is 30.6 Å². The van der Waals surface area contributed by atoms with Crippen LogP contribution in [0.2, 0.25) is 5.02 Å². The number of hydrogen-bond donors (Lipinski definition) is 3. The molecule has 1 aromatic heterocycles. The Bertz CT molecular complexity index is 884. The number of rotatable bonds is 9. The van der Waals surface area contributed by atoms with E-state index < -0.39 is 36.0 Å². The molecule has 6 nitrogen and oxygen atoms in total. The van der Waals surface area contributed by atoms with Crippen molar-refractivity contribution in [1.29, 1.82) is 0 Å². The smallest absolute Gasteiger partial charge is 0.424 e. The molecule has 0 saturated heterocycles. The fourth-order valence-corrected chi connectivity index (χ4v) is 3.96. The standard InChI is InChI=1S/C19H21ClF3N3O3S/c1-11-8-13(20)2-3-14(11)12-9-25-17(26-10-12)18(29,19(21,22)23)5-7-30-6-4-15(24)16(27)28/h2-3,8-10,15,29H,4-7,24H2,1H3,(H,27,28). The van der Waals surface area contributed by atoms with Gasteiger partial charge in [-0.15, -0.1) is 0 Å². The number of aliphatic carboxylic acids is 1. The Hall–Kier alpha value is -1.88. The molecule has 30 heavy (non-hydrogen) atoms. The van der Waals surface area contributed by atoms with Crippen LogP contribution < -0.4 is 5.73 Å². The molecular weight excluding hydrogens is 443 g/mol. The van der Waals surface area contributed by atoms with Crippen molar-refractivity contribution in [1.82, 2.24) is 9.97 Å². The van der Waals surface area contributed by atoms with Crippen LogP contribution in [0.1, 0.15) is 24.2 Å². The van der Waals surface area contributed by atoms with Gasteiger partial charge in [-0.2, -0.15) is 24.9 Å². The van der Waals surface area contributed by atoms with Crippen LogP contribution in [-0.2, 0) is 10.4 Å². The molecule has 2 rings (SSSR count). The minimum absolute atomic E-state index is 0.0796. The van der Waals surface area contributed by atoms with Crippen LogP contribution in [0.4, 0.5) is 13.2 Å². The Labute approximate surface area is 180 Å². The van der Waals surface area contributed by atoms with Crippen molar-refractivity contribution in [3.63, 3.8) is 0 Å². The number of aryl methyl sites for hydroxylation is 1. The first-order chi connectivity index (χ1) is 14.0. The van der Waals surface area contributed by atoms with E-state index in [9.17, 15) is 23.1 Å². The Morgan fingerprint density at radius 2 is 1.90 bits per heavy atom. The molecule has 0 bridgehead atoms. The monoisotopic (exact) mass is 463 g/mol. The topological polar surface area (TPSA) is 109 Å². The number of benzene rings is 1. The zero-order chi connectivity index (χ0) is 22.5. The Balaban J connectivity index is 2.13. The first kappa shape index (κ1) is 24.4. The zero-order valence-electron chi connectivity index (χ0n) is 16.0. The molecule has 0 aliphatic heterocycles. The van der Waals surface area contributed by atoms with E-state index in [-0.39, 0.29) is 17.9 Å². The van der Waals surface area contributed by atoms with E-state index in [1.165, 1.54) is 12.4 Å². The number of aromatic nitrogens is 2. The highest BCUT2D eigenvalue weighted by Crippen LogP contribution is 2.41. The Kier molecular flexibility index (Phi) is 8.09. The molecule has 0 saturated carbocycles. The molecule has 1 aromatic carbocycles. The van der Waals surface area contributed by atoms with Crippen LogP contribution in [0, 0.1) is 6.92 Å². The summed E-state index contributed by atoms with van der Waals surface area (Å²) >= 11 is 6.98. The maximum Gasteiger partial charge on any atom is 0.424 e. The van der Waals surface area contributed by atoms with E-state index >= 15 is 0 Å². The molecule has 2 aromatic rings. The maximum atomic E-state index is 13.6. The minimum atomic E-state index is -4.98. The number of carbonyl (C=O) groups is 1. The van der Waals surface area contributed by atoms with Crippen molar-refractivity contribution < 1.29 is 28.2 Å². The lowest BCUT2D eigenvalue weighted by atomic mass is 9.98. The SMILES string of the molecule is Cc1cc(Cl)ccc1-c1cnc(C(O)(CCSCCC(N)C(=O)O)C(F)(F)F)nc1. The first-order valence-corrected chi connectivity index (χ1v) is 10.4. The molecule has 0 fully saturated rings. The van der Waals surface area contributed by atoms with Crippen LogP contribution in [0.25, 0.3) is 11.1 Å². The lowest BCUT2D eigenvalue weighted by molar-refractivity contribution is -0.270. The van der Waals surface area contributed by atoms with Gasteiger partial charge in [0, 0.05) is 29.4 Å². The van der Waals surface area contributed by atoms with Crippen LogP contribution in [0.5, 0.6) is 0 Å². The van der Waals surface area contributed by atoms with Gasteiger partial charge in [0.2, 0.25) is 5.60 Å². The van der Waals surface area contributed by atoms with E-state index in [0.717, 1.165) is 17.3 Å². The predicted molar refractivity (Wildman–Crippen MR) is 109 cm³/mol. The summed E-state index contributed by atoms with van der Waals surface area (Å²) < 4.78 is 40.8. The van der Waals surface area contributed by atoms with Crippen molar-refractivity contribution in [3.8, 4) is 11.1 Å². The summed E-state index contributed by atoms with van der Waals surface area (Å²) in [5, 5.41) is 19.6. The number of alkyl halides is 3. The summed E-state index contributed by atoms with van der Waals surface area (Å²) in [5.41, 5.74) is 4.15. The van der Waals surface area contributed by atoms with Crippen LogP contribution in [0.3, 0.4) is 0 Å². The van der Waals surface area contributed by atoms with Gasteiger partial charge >= 0.3 is 12.1 Å². The Morgan fingerprint density at radius 3 is 2.43 bits per heavy atom. The fraction of sp³-hybridized carbons (Fsp3) is 0.421. The highest BCUT2D eigenvalue weighted by molar-refractivity contribution is 7.99. The molecule has 2 atom stereocenters. The second-order valence-corrected chi connectivity index (χ2v) is 8.37. The third kappa shape index (κ3) is 5.84. The van der Waals surface area contributed by atoms with Gasteiger partial charge in [0.25, 0.3) is 0 Å². The summed E-state index contributed by atoms with van der Waals surface area (Å²) in [6, 6.07) is 4.00. The number of nitrogens with two attached hydrogens (primary N) is 1. The molecule has 0 spiro atoms. The van der Waals surface area contributed by atoms with Gasteiger partial charge < -0.3 is 15.9 Å². The van der Waals surface area contributed by atoms with E-state index in [2.05, 4.69) is 9.97 Å². The second kappa shape index (κ2) is 9.95. The summed E-state index contributed by atoms with van der Waals surface area (Å²) in [6.07, 6.45) is -3.09. The largest absolute Gasteiger partial charge is 0.480 e. The normalized spacial score (nSPS) is 14.9. The molecule has 11 heteroatoms. The molecule has 0 aliphatic rings. The molecule has 0 amide bonds. The third-order valence-corrected chi connectivity index (χ3v) is 5.74. The molecule has 0 radical (unpaired) electrons. The van der Waals surface area contributed by atoms with Gasteiger partial charge in [0.1, 0.15) is 6.04 Å². The Morgan fingerprint density at radius 1 is 1.27 bits per heavy atom. The van der Waals surface area contributed by atoms with Gasteiger partial charge in [-0.3, -0.25) is 4.79 Å². The van der Waals surface area contributed by atoms with E-state index in [1.807, 2.05) is 0 Å². The van der Waals surface area contributed by atoms with E-state index in [4.69, 9.17) is 22.4 Å². The highest BCUT2D eigenvalue weighted by Gasteiger charge is 2.56. The van der Waals surface area contributed by atoms with Crippen LogP contribution in [-0.4, -0.2) is 49.9 Å². The number of aliphatic hydroxyl groups is 1. The molecule has 164 valence electrons. The quantitative estimate of drug-likeness (QED) is 0.485. The average molecular weight is 464 g/mol. The third-order valence-electron chi connectivity index (χ3n) is 4.49. The predicted octanol–water partition coefficient (Wildman–Crippen LogP) is 3.78. The molecule has 1 heterocycles. The second-order valence-electron chi connectivity index (χ2n) is 6.71. The van der Waals surface area contributed by atoms with Crippen molar-refractivity contribution in [2.24, 2.45) is 5.73 Å². The highest BCUT2D eigenvalue weighted by atomic mass is 35.5. The fourth-order valence-electron chi connectivity index (χ4n) is 2.67. The van der Waals surface area contributed by atoms with Crippen molar-refractivity contribution in [2.75, 3.05) is 11.5 Å². The number of hydrogen-bond acceptors (Lipinski definition) is 6. The van der Waals surface area contributed by atoms with Crippen molar-refractivity contribution >= 4 is 29.3 Å². The number of nitrogens with zero attached hydrogens (tertiary/aromatic N) is 2. The zero-order valence-corrected chi connectivity index (χ0v) is 17.6. The first-order valence-electron chi connectivity index (χ1n) is 8.90. The van der Waals surface area contributed by atoms with Gasteiger partial charge in [0.05, 0.1) is 0 Å². The van der Waals surface area contributed by atoms with Crippen molar-refractivity contribution in [3.05, 3.63) is 47.0 Å². The van der Waals surface area contributed by atoms with Gasteiger partial charge in [-0.25, -0.2) is 9.97 Å². The average Bonchev–Trinajstić information content (AvgIpc) is 2.66. The summed E-state index contributed by atoms with van der Waals surface area (Å²) in [4.78, 5) is 18.2. The number of carboxylic acid groups (broad SMARTS) is 1. The lowest BCUT2D eigenvalue weighted by Gasteiger charge is -2.29. The van der Waals surface area contributed by atoms with E-state index in [0.29, 0.717) is 16.1 Å². The summed E-state index contributed by atoms with van der Waals surface area (Å²) in [6.45, 7) is 1.80. The number of thioether (sulfide) groups is 1. The molecule has 2 unspecified atom stereocenters. The molecule has 4 N–H and O–H groups in total. The lowest BCUT2D eigenvalue weighted by Crippen LogP contribution is -2.44. The number of halogens is 4. The molecule has 0 aliphatic carbocycles. The van der Waals surface area contributed by atoms with E-state index in [1.54, 1.807) is 25.1 Å². The number of carboxylic acids is 1. The summed E-state index contributed by atoms with van der Waals surface area (Å²) in [5.74, 6) is -1.75.